The van der Waals surface area contributed by atoms with E-state index in [0.29, 0.717) is 41.4 Å². The van der Waals surface area contributed by atoms with Crippen molar-refractivity contribution in [2.45, 2.75) is 39.5 Å². The van der Waals surface area contributed by atoms with Crippen LogP contribution in [-0.2, 0) is 4.79 Å². The second kappa shape index (κ2) is 6.29. The molecule has 5 rings (SSSR count). The third-order valence-corrected chi connectivity index (χ3v) is 5.87. The lowest BCUT2D eigenvalue weighted by molar-refractivity contribution is -0.118. The summed E-state index contributed by atoms with van der Waals surface area (Å²) in [6.07, 6.45) is 1.15. The number of carbonyl (C=O) groups is 1. The van der Waals surface area contributed by atoms with E-state index in [2.05, 4.69) is 34.2 Å². The first-order valence-electron chi connectivity index (χ1n) is 9.94. The molecular formula is C22H23N5O3. The number of aryl methyl sites for hydroxylation is 1. The van der Waals surface area contributed by atoms with Gasteiger partial charge < -0.3 is 10.1 Å². The van der Waals surface area contributed by atoms with Crippen LogP contribution in [0.4, 0.5) is 5.82 Å². The number of hydrogen-bond acceptors (Lipinski definition) is 6. The number of H-pyrrole nitrogens is 1. The Balaban J connectivity index is 1.81. The molecule has 0 amide bonds. The number of hydrogen-bond donors (Lipinski definition) is 2. The summed E-state index contributed by atoms with van der Waals surface area (Å²) in [5.74, 6) is 1.80. The fraction of sp³-hybridized carbons (Fsp3) is 0.364. The monoisotopic (exact) mass is 405 g/mol. The van der Waals surface area contributed by atoms with Crippen molar-refractivity contribution in [3.63, 3.8) is 0 Å². The van der Waals surface area contributed by atoms with Gasteiger partial charge in [0.15, 0.2) is 5.78 Å². The van der Waals surface area contributed by atoms with E-state index >= 15 is 0 Å². The van der Waals surface area contributed by atoms with Gasteiger partial charge in [0.2, 0.25) is 5.78 Å². The number of nitrogens with zero attached hydrogens (tertiary/aromatic N) is 3. The number of ketones is 1. The number of methoxy groups -OCH3 is 1. The van der Waals surface area contributed by atoms with Crippen LogP contribution in [0.3, 0.4) is 0 Å². The molecule has 0 saturated heterocycles. The van der Waals surface area contributed by atoms with Crippen molar-refractivity contribution in [1.82, 2.24) is 19.6 Å². The Morgan fingerprint density at radius 1 is 1.17 bits per heavy atom. The van der Waals surface area contributed by atoms with Crippen molar-refractivity contribution < 1.29 is 9.53 Å². The molecule has 3 aromatic rings. The Hall–Kier alpha value is -3.42. The molecule has 0 saturated carbocycles. The smallest absolute Gasteiger partial charge is 0.258 e. The SMILES string of the molecule is COc1ccc([C@H]2C3=C(CC(C)(C)CC3=O)Nc3c2c(=O)[nH]c2nc(C)nn32)cc1. The van der Waals surface area contributed by atoms with Crippen molar-refractivity contribution >= 4 is 17.4 Å². The van der Waals surface area contributed by atoms with E-state index in [1.165, 1.54) is 0 Å². The van der Waals surface area contributed by atoms with Crippen molar-refractivity contribution in [2.24, 2.45) is 5.41 Å². The van der Waals surface area contributed by atoms with Crippen LogP contribution >= 0.6 is 0 Å². The number of allylic oxidation sites excluding steroid dienone is 2. The summed E-state index contributed by atoms with van der Waals surface area (Å²) in [5, 5.41) is 7.84. The van der Waals surface area contributed by atoms with Crippen LogP contribution in [0.25, 0.3) is 5.78 Å². The lowest BCUT2D eigenvalue weighted by atomic mass is 9.69. The molecule has 8 nitrogen and oxygen atoms in total. The van der Waals surface area contributed by atoms with E-state index in [4.69, 9.17) is 4.74 Å². The molecule has 2 aromatic heterocycles. The average molecular weight is 405 g/mol. The van der Waals surface area contributed by atoms with Gasteiger partial charge in [0.1, 0.15) is 17.4 Å². The third kappa shape index (κ3) is 2.74. The molecule has 30 heavy (non-hydrogen) atoms. The van der Waals surface area contributed by atoms with Gasteiger partial charge >= 0.3 is 0 Å². The summed E-state index contributed by atoms with van der Waals surface area (Å²) >= 11 is 0. The highest BCUT2D eigenvalue weighted by molar-refractivity contribution is 6.01. The van der Waals surface area contributed by atoms with Crippen LogP contribution < -0.4 is 15.6 Å². The quantitative estimate of drug-likeness (QED) is 0.680. The molecular weight excluding hydrogens is 382 g/mol. The van der Waals surface area contributed by atoms with E-state index in [-0.39, 0.29) is 16.8 Å². The number of nitrogens with one attached hydrogen (secondary N) is 2. The number of fused-ring (bicyclic) bond motifs is 3. The zero-order valence-corrected chi connectivity index (χ0v) is 17.4. The molecule has 1 aliphatic carbocycles. The number of benzene rings is 1. The highest BCUT2D eigenvalue weighted by Gasteiger charge is 2.42. The standard InChI is InChI=1S/C22H23N5O3/c1-11-23-21-25-20(29)18-16(12-5-7-13(30-4)8-6-12)17-14(24-19(18)27(21)26-11)9-22(2,3)10-15(17)28/h5-8,16,24H,9-10H2,1-4H3,(H,23,25,26,29)/t16-/m0/s1. The first kappa shape index (κ1) is 18.6. The first-order valence-corrected chi connectivity index (χ1v) is 9.94. The average Bonchev–Trinajstić information content (AvgIpc) is 3.06. The van der Waals surface area contributed by atoms with E-state index < -0.39 is 5.92 Å². The van der Waals surface area contributed by atoms with Crippen molar-refractivity contribution in [1.29, 1.82) is 0 Å². The molecule has 0 radical (unpaired) electrons. The van der Waals surface area contributed by atoms with Gasteiger partial charge in [-0.25, -0.2) is 0 Å². The summed E-state index contributed by atoms with van der Waals surface area (Å²) in [7, 11) is 1.61. The summed E-state index contributed by atoms with van der Waals surface area (Å²) in [6.45, 7) is 5.95. The molecule has 1 aliphatic heterocycles. The minimum absolute atomic E-state index is 0.0643. The topological polar surface area (TPSA) is 101 Å². The van der Waals surface area contributed by atoms with Crippen molar-refractivity contribution in [3.8, 4) is 5.75 Å². The Labute approximate surface area is 173 Å². The maximum atomic E-state index is 13.3. The molecule has 8 heteroatoms. The molecule has 154 valence electrons. The summed E-state index contributed by atoms with van der Waals surface area (Å²) in [5.41, 5.74) is 2.41. The molecule has 0 unspecified atom stereocenters. The predicted molar refractivity (Wildman–Crippen MR) is 112 cm³/mol. The van der Waals surface area contributed by atoms with Gasteiger partial charge in [-0.15, -0.1) is 5.10 Å². The highest BCUT2D eigenvalue weighted by Crippen LogP contribution is 2.47. The second-order valence-electron chi connectivity index (χ2n) is 8.78. The maximum absolute atomic E-state index is 13.3. The fourth-order valence-corrected chi connectivity index (χ4v) is 4.63. The van der Waals surface area contributed by atoms with Crippen LogP contribution in [0.15, 0.2) is 40.3 Å². The van der Waals surface area contributed by atoms with Gasteiger partial charge in [0.25, 0.3) is 5.56 Å². The first-order chi connectivity index (χ1) is 14.3. The molecule has 0 fully saturated rings. The number of anilines is 1. The Kier molecular flexibility index (Phi) is 3.90. The van der Waals surface area contributed by atoms with Gasteiger partial charge in [0, 0.05) is 23.6 Å². The van der Waals surface area contributed by atoms with Crippen LogP contribution in [0.1, 0.15) is 49.6 Å². The number of ether oxygens (including phenoxy) is 1. The molecule has 3 heterocycles. The lowest BCUT2D eigenvalue weighted by Gasteiger charge is -2.38. The summed E-state index contributed by atoms with van der Waals surface area (Å²) in [4.78, 5) is 33.6. The normalized spacial score (nSPS) is 20.0. The molecule has 2 aliphatic rings. The van der Waals surface area contributed by atoms with Gasteiger partial charge in [-0.1, -0.05) is 26.0 Å². The Morgan fingerprint density at radius 2 is 1.90 bits per heavy atom. The third-order valence-electron chi connectivity index (χ3n) is 5.87. The number of carbonyl (C=O) groups excluding carboxylic acids is 1. The van der Waals surface area contributed by atoms with Gasteiger partial charge in [0.05, 0.1) is 12.7 Å². The number of aromatic amines is 1. The zero-order valence-electron chi connectivity index (χ0n) is 17.4. The maximum Gasteiger partial charge on any atom is 0.258 e. The van der Waals surface area contributed by atoms with Crippen LogP contribution in [-0.4, -0.2) is 32.5 Å². The lowest BCUT2D eigenvalue weighted by Crippen LogP contribution is -2.37. The van der Waals surface area contributed by atoms with Gasteiger partial charge in [-0.05, 0) is 36.5 Å². The van der Waals surface area contributed by atoms with E-state index in [1.54, 1.807) is 18.5 Å². The number of aromatic nitrogens is 4. The highest BCUT2D eigenvalue weighted by atomic mass is 16.5. The molecule has 1 aromatic carbocycles. The predicted octanol–water partition coefficient (Wildman–Crippen LogP) is 2.94. The number of Topliss-reactive ketones (excluding diaryl/α,β-unsaturated/α-hetero) is 1. The van der Waals surface area contributed by atoms with E-state index in [1.807, 2.05) is 24.3 Å². The van der Waals surface area contributed by atoms with E-state index in [9.17, 15) is 9.59 Å². The number of rotatable bonds is 2. The van der Waals surface area contributed by atoms with Crippen molar-refractivity contribution in [3.05, 3.63) is 62.8 Å². The molecule has 2 N–H and O–H groups in total. The van der Waals surface area contributed by atoms with Gasteiger partial charge in [-0.3, -0.25) is 14.6 Å². The van der Waals surface area contributed by atoms with Crippen LogP contribution in [0, 0.1) is 12.3 Å². The molecule has 1 atom stereocenters. The molecule has 0 bridgehead atoms. The minimum atomic E-state index is -0.483. The second-order valence-corrected chi connectivity index (χ2v) is 8.78. The molecule has 0 spiro atoms. The van der Waals surface area contributed by atoms with Crippen molar-refractivity contribution in [2.75, 3.05) is 12.4 Å². The summed E-state index contributed by atoms with van der Waals surface area (Å²) in [6, 6.07) is 7.51. The van der Waals surface area contributed by atoms with Gasteiger partial charge in [-0.2, -0.15) is 9.50 Å². The largest absolute Gasteiger partial charge is 0.497 e. The van der Waals surface area contributed by atoms with E-state index in [0.717, 1.165) is 17.0 Å². The van der Waals surface area contributed by atoms with Crippen LogP contribution in [0.5, 0.6) is 5.75 Å². The van der Waals surface area contributed by atoms with Crippen LogP contribution in [0.2, 0.25) is 0 Å². The zero-order chi connectivity index (χ0) is 21.2. The fourth-order valence-electron chi connectivity index (χ4n) is 4.63. The minimum Gasteiger partial charge on any atom is -0.497 e. The Morgan fingerprint density at radius 3 is 2.60 bits per heavy atom. The Bertz CT molecular complexity index is 1280. The summed E-state index contributed by atoms with van der Waals surface area (Å²) < 4.78 is 6.91.